The Balaban J connectivity index is 2.03. The Kier molecular flexibility index (Phi) is 3.51. The number of amides is 3. The van der Waals surface area contributed by atoms with Crippen molar-refractivity contribution in [3.63, 3.8) is 0 Å². The predicted molar refractivity (Wildman–Crippen MR) is 72.5 cm³/mol. The Morgan fingerprint density at radius 2 is 2.22 bits per heavy atom. The lowest BCUT2D eigenvalue weighted by atomic mass is 9.98. The summed E-state index contributed by atoms with van der Waals surface area (Å²) >= 11 is 0. The van der Waals surface area contributed by atoms with Crippen molar-refractivity contribution in [2.45, 2.75) is 18.6 Å². The number of hydrogen-bond acceptors (Lipinski definition) is 7. The molecule has 0 spiro atoms. The lowest BCUT2D eigenvalue weighted by Crippen LogP contribution is -2.38. The summed E-state index contributed by atoms with van der Waals surface area (Å²) in [6.07, 6.45) is 1.48. The molecule has 0 radical (unpaired) electrons. The highest BCUT2D eigenvalue weighted by molar-refractivity contribution is 7.80. The van der Waals surface area contributed by atoms with Crippen LogP contribution in [0.1, 0.15) is 23.3 Å². The average Bonchev–Trinajstić information content (AvgIpc) is 2.93. The fraction of sp³-hybridized carbons (Fsp3) is 0.500. The van der Waals surface area contributed by atoms with Crippen molar-refractivity contribution in [3.8, 4) is 0 Å². The molecular weight excluding hydrogens is 332 g/mol. The molecule has 2 aliphatic heterocycles. The molecule has 1 saturated heterocycles. The normalized spacial score (nSPS) is 23.3. The summed E-state index contributed by atoms with van der Waals surface area (Å²) in [5, 5.41) is 4.75. The van der Waals surface area contributed by atoms with E-state index in [0.29, 0.717) is 16.3 Å². The zero-order chi connectivity index (χ0) is 16.9. The molecule has 3 heterocycles. The zero-order valence-electron chi connectivity index (χ0n) is 11.7. The summed E-state index contributed by atoms with van der Waals surface area (Å²) in [4.78, 5) is 24.6. The third-order valence-electron chi connectivity index (χ3n) is 3.67. The molecule has 3 rings (SSSR count). The van der Waals surface area contributed by atoms with Gasteiger partial charge in [0.1, 0.15) is 12.6 Å². The molecule has 126 valence electrons. The minimum Gasteiger partial charge on any atom is -0.368 e. The van der Waals surface area contributed by atoms with E-state index in [1.807, 2.05) is 0 Å². The number of hydrogen-bond donors (Lipinski definition) is 3. The first-order valence-corrected chi connectivity index (χ1v) is 7.90. The first kappa shape index (κ1) is 15.7. The number of hydroxylamine groups is 2. The molecule has 2 aliphatic rings. The second-order valence-corrected chi connectivity index (χ2v) is 6.17. The van der Waals surface area contributed by atoms with E-state index in [2.05, 4.69) is 9.38 Å². The van der Waals surface area contributed by atoms with Crippen LogP contribution in [0.2, 0.25) is 0 Å². The van der Waals surface area contributed by atoms with E-state index in [4.69, 9.17) is 16.0 Å². The number of fused-ring (bicyclic) bond motifs is 4. The standard InChI is InChI=1S/C10H14N6O6S/c11-1-6-9-5(2-14(13-9)4-8(12)17)7-3-15(6)10(18)16(7)22-23(19,20)21/h2,6-7H,1,3-4,11H2,(H2,12,17)(H,19,20,21)/t6-,7+/m1/s1. The summed E-state index contributed by atoms with van der Waals surface area (Å²) in [6, 6.07) is -2.15. The predicted octanol–water partition coefficient (Wildman–Crippen LogP) is -2.11. The minimum absolute atomic E-state index is 0.0404. The largest absolute Gasteiger partial charge is 0.418 e. The van der Waals surface area contributed by atoms with E-state index in [-0.39, 0.29) is 19.6 Å². The van der Waals surface area contributed by atoms with Crippen LogP contribution in [0.4, 0.5) is 4.79 Å². The fourth-order valence-corrected chi connectivity index (χ4v) is 3.23. The molecule has 1 aromatic heterocycles. The Labute approximate surface area is 130 Å². The van der Waals surface area contributed by atoms with E-state index in [1.54, 1.807) is 0 Å². The number of nitrogens with two attached hydrogens (primary N) is 2. The molecule has 5 N–H and O–H groups in total. The minimum atomic E-state index is -4.87. The molecule has 12 nitrogen and oxygen atoms in total. The van der Waals surface area contributed by atoms with Crippen molar-refractivity contribution in [3.05, 3.63) is 17.5 Å². The molecule has 13 heteroatoms. The second-order valence-electron chi connectivity index (χ2n) is 5.16. The van der Waals surface area contributed by atoms with Gasteiger partial charge in [-0.1, -0.05) is 0 Å². The highest BCUT2D eigenvalue weighted by Gasteiger charge is 2.51. The number of carbonyl (C=O) groups is 2. The highest BCUT2D eigenvalue weighted by Crippen LogP contribution is 2.43. The van der Waals surface area contributed by atoms with Crippen molar-refractivity contribution < 1.29 is 26.8 Å². The Bertz CT molecular complexity index is 775. The van der Waals surface area contributed by atoms with Crippen molar-refractivity contribution in [1.29, 1.82) is 0 Å². The molecule has 2 atom stereocenters. The number of nitrogens with zero attached hydrogens (tertiary/aromatic N) is 4. The van der Waals surface area contributed by atoms with Crippen molar-refractivity contribution in [2.75, 3.05) is 13.1 Å². The molecule has 1 aromatic rings. The van der Waals surface area contributed by atoms with Crippen LogP contribution in [0.3, 0.4) is 0 Å². The SMILES string of the molecule is NC[C@@H]1c2nn(CC(N)=O)cc2[C@@H]2CN1C(=O)N2OS(=O)(=O)O. The molecule has 3 amide bonds. The van der Waals surface area contributed by atoms with Crippen molar-refractivity contribution in [1.82, 2.24) is 19.7 Å². The molecule has 0 aromatic carbocycles. The van der Waals surface area contributed by atoms with Gasteiger partial charge in [-0.25, -0.2) is 4.79 Å². The summed E-state index contributed by atoms with van der Waals surface area (Å²) in [5.74, 6) is -0.610. The highest BCUT2D eigenvalue weighted by atomic mass is 32.3. The summed E-state index contributed by atoms with van der Waals surface area (Å²) < 4.78 is 36.4. The van der Waals surface area contributed by atoms with Gasteiger partial charge in [0.25, 0.3) is 0 Å². The Morgan fingerprint density at radius 3 is 2.78 bits per heavy atom. The second kappa shape index (κ2) is 5.16. The topological polar surface area (TPSA) is 174 Å². The number of urea groups is 1. The maximum Gasteiger partial charge on any atom is 0.418 e. The van der Waals surface area contributed by atoms with Crippen LogP contribution in [-0.4, -0.2) is 57.7 Å². The summed E-state index contributed by atoms with van der Waals surface area (Å²) in [7, 11) is -4.87. The maximum atomic E-state index is 12.3. The first-order chi connectivity index (χ1) is 10.7. The van der Waals surface area contributed by atoms with E-state index < -0.39 is 34.4 Å². The number of rotatable bonds is 5. The van der Waals surface area contributed by atoms with E-state index in [0.717, 1.165) is 0 Å². The number of carbonyl (C=O) groups excluding carboxylic acids is 2. The first-order valence-electron chi connectivity index (χ1n) is 6.53. The quantitative estimate of drug-likeness (QED) is 0.508. The third kappa shape index (κ3) is 2.63. The van der Waals surface area contributed by atoms with Gasteiger partial charge in [-0.15, -0.1) is 4.28 Å². The van der Waals surface area contributed by atoms with Gasteiger partial charge in [0.2, 0.25) is 5.91 Å². The molecule has 0 aliphatic carbocycles. The molecule has 23 heavy (non-hydrogen) atoms. The van der Waals surface area contributed by atoms with E-state index in [9.17, 15) is 18.0 Å². The van der Waals surface area contributed by atoms with Gasteiger partial charge in [0.15, 0.2) is 0 Å². The summed E-state index contributed by atoms with van der Waals surface area (Å²) in [5.41, 5.74) is 11.7. The number of primary amides is 1. The molecular formula is C10H14N6O6S. The van der Waals surface area contributed by atoms with Crippen molar-refractivity contribution >= 4 is 22.3 Å². The van der Waals surface area contributed by atoms with Gasteiger partial charge in [-0.2, -0.15) is 18.6 Å². The van der Waals surface area contributed by atoms with Crippen LogP contribution in [0.5, 0.6) is 0 Å². The van der Waals surface area contributed by atoms with Gasteiger partial charge >= 0.3 is 16.4 Å². The van der Waals surface area contributed by atoms with Crippen LogP contribution in [0.15, 0.2) is 6.20 Å². The van der Waals surface area contributed by atoms with Gasteiger partial charge in [0.05, 0.1) is 18.3 Å². The third-order valence-corrected chi connectivity index (χ3v) is 4.02. The number of aromatic nitrogens is 2. The van der Waals surface area contributed by atoms with Gasteiger partial charge < -0.3 is 16.4 Å². The monoisotopic (exact) mass is 346 g/mol. The zero-order valence-corrected chi connectivity index (χ0v) is 12.5. The van der Waals surface area contributed by atoms with Crippen LogP contribution >= 0.6 is 0 Å². The van der Waals surface area contributed by atoms with E-state index >= 15 is 0 Å². The van der Waals surface area contributed by atoms with Gasteiger partial charge in [-0.05, 0) is 0 Å². The lowest BCUT2D eigenvalue weighted by Gasteiger charge is -2.28. The smallest absolute Gasteiger partial charge is 0.368 e. The molecule has 0 saturated carbocycles. The van der Waals surface area contributed by atoms with Gasteiger partial charge in [0, 0.05) is 18.3 Å². The van der Waals surface area contributed by atoms with Crippen molar-refractivity contribution in [2.24, 2.45) is 11.5 Å². The fourth-order valence-electron chi connectivity index (χ4n) is 2.86. The molecule has 0 unspecified atom stereocenters. The van der Waals surface area contributed by atoms with Crippen LogP contribution in [-0.2, 0) is 26.0 Å². The summed E-state index contributed by atoms with van der Waals surface area (Å²) in [6.45, 7) is -0.0195. The van der Waals surface area contributed by atoms with Crippen LogP contribution in [0.25, 0.3) is 0 Å². The van der Waals surface area contributed by atoms with Gasteiger partial charge in [-0.3, -0.25) is 14.0 Å². The molecule has 1 fully saturated rings. The molecule has 2 bridgehead atoms. The maximum absolute atomic E-state index is 12.3. The lowest BCUT2D eigenvalue weighted by molar-refractivity contribution is -0.118. The van der Waals surface area contributed by atoms with Crippen LogP contribution < -0.4 is 11.5 Å². The van der Waals surface area contributed by atoms with E-state index in [1.165, 1.54) is 15.8 Å². The van der Waals surface area contributed by atoms with Crippen LogP contribution in [0, 0.1) is 0 Å². The average molecular weight is 346 g/mol. The Morgan fingerprint density at radius 1 is 1.52 bits per heavy atom. The Hall–Kier alpha value is -2.22.